The Morgan fingerprint density at radius 2 is 1.56 bits per heavy atom. The minimum atomic E-state index is -0.0769. The van der Waals surface area contributed by atoms with E-state index in [-0.39, 0.29) is 10.9 Å². The lowest BCUT2D eigenvalue weighted by Gasteiger charge is -2.12. The molecule has 3 rings (SSSR count). The van der Waals surface area contributed by atoms with Crippen molar-refractivity contribution in [2.45, 2.75) is 22.6 Å². The van der Waals surface area contributed by atoms with Crippen LogP contribution in [-0.4, -0.2) is 33.5 Å². The molecule has 0 amide bonds. The lowest BCUT2D eigenvalue weighted by Crippen LogP contribution is -2.10. The molecule has 4 heteroatoms. The average molecular weight is 384 g/mol. The van der Waals surface area contributed by atoms with Gasteiger partial charge in [0.1, 0.15) is 12.4 Å². The summed E-state index contributed by atoms with van der Waals surface area (Å²) >= 11 is 0. The Labute approximate surface area is 165 Å². The second-order valence-corrected chi connectivity index (χ2v) is 8.16. The van der Waals surface area contributed by atoms with E-state index < -0.39 is 0 Å². The van der Waals surface area contributed by atoms with E-state index in [1.807, 2.05) is 0 Å². The minimum Gasteiger partial charge on any atom is -0.491 e. The van der Waals surface area contributed by atoms with Gasteiger partial charge in [0.15, 0.2) is 14.7 Å². The maximum absolute atomic E-state index is 5.78. The topological polar surface area (TPSA) is 27.7 Å². The van der Waals surface area contributed by atoms with Crippen molar-refractivity contribution in [1.29, 1.82) is 0 Å². The molecule has 0 aromatic heterocycles. The molecular weight excluding hydrogens is 356 g/mol. The Bertz CT molecular complexity index is 738. The van der Waals surface area contributed by atoms with Crippen molar-refractivity contribution < 1.29 is 14.2 Å². The van der Waals surface area contributed by atoms with Crippen LogP contribution in [-0.2, 0) is 20.4 Å². The van der Waals surface area contributed by atoms with E-state index in [9.17, 15) is 0 Å². The van der Waals surface area contributed by atoms with Crippen LogP contribution in [0.2, 0.25) is 0 Å². The summed E-state index contributed by atoms with van der Waals surface area (Å²) in [6, 6.07) is 19.2. The zero-order chi connectivity index (χ0) is 18.7. The minimum absolute atomic E-state index is 0.0769. The van der Waals surface area contributed by atoms with Gasteiger partial charge in [0.25, 0.3) is 0 Å². The first-order valence-electron chi connectivity index (χ1n) is 9.34. The fourth-order valence-corrected chi connectivity index (χ4v) is 5.01. The molecule has 0 N–H and O–H groups in total. The monoisotopic (exact) mass is 383 g/mol. The van der Waals surface area contributed by atoms with Crippen molar-refractivity contribution in [3.8, 4) is 5.75 Å². The number of ether oxygens (including phenoxy) is 3. The third kappa shape index (κ3) is 5.99. The van der Waals surface area contributed by atoms with E-state index in [2.05, 4.69) is 72.8 Å². The molecule has 3 nitrogen and oxygen atoms in total. The zero-order valence-electron chi connectivity index (χ0n) is 15.8. The van der Waals surface area contributed by atoms with Gasteiger partial charge in [-0.2, -0.15) is 0 Å². The van der Waals surface area contributed by atoms with Crippen LogP contribution in [0.5, 0.6) is 5.75 Å². The van der Waals surface area contributed by atoms with E-state index in [1.165, 1.54) is 14.7 Å². The quantitative estimate of drug-likeness (QED) is 0.427. The molecule has 0 heterocycles. The molecule has 0 radical (unpaired) electrons. The maximum Gasteiger partial charge on any atom is 0.166 e. The number of hydrogen-bond acceptors (Lipinski definition) is 3. The van der Waals surface area contributed by atoms with Crippen LogP contribution in [0.3, 0.4) is 0 Å². The predicted octanol–water partition coefficient (Wildman–Crippen LogP) is 5.00. The standard InChI is InChI=1S/C23H27O3S/c1-24-16-17-25-18-19-26-20-12-14-23(15-13-20)27(21-8-4-2-5-9-21)22-10-6-3-7-11-22/h2,4-6,8-15H,3,7,16-19H2,1H3/q+1. The lowest BCUT2D eigenvalue weighted by molar-refractivity contribution is 0.0544. The van der Waals surface area contributed by atoms with Gasteiger partial charge in [-0.25, -0.2) is 0 Å². The summed E-state index contributed by atoms with van der Waals surface area (Å²) in [5.41, 5.74) is 0. The highest BCUT2D eigenvalue weighted by atomic mass is 32.2. The molecule has 0 saturated carbocycles. The van der Waals surface area contributed by atoms with Crippen LogP contribution in [0.4, 0.5) is 0 Å². The first kappa shape index (κ1) is 19.7. The van der Waals surface area contributed by atoms with E-state index in [1.54, 1.807) is 7.11 Å². The van der Waals surface area contributed by atoms with Crippen molar-refractivity contribution in [2.24, 2.45) is 0 Å². The molecular formula is C23H27O3S+. The number of allylic oxidation sites excluding steroid dienone is 3. The maximum atomic E-state index is 5.78. The van der Waals surface area contributed by atoms with Crippen LogP contribution in [0.15, 0.2) is 87.5 Å². The highest BCUT2D eigenvalue weighted by molar-refractivity contribution is 8.00. The molecule has 142 valence electrons. The van der Waals surface area contributed by atoms with Crippen molar-refractivity contribution >= 4 is 10.9 Å². The Kier molecular flexibility index (Phi) is 8.03. The molecule has 0 fully saturated rings. The second kappa shape index (κ2) is 11.0. The van der Waals surface area contributed by atoms with Crippen LogP contribution < -0.4 is 4.74 Å². The van der Waals surface area contributed by atoms with Gasteiger partial charge in [-0.3, -0.25) is 0 Å². The Morgan fingerprint density at radius 1 is 0.815 bits per heavy atom. The molecule has 1 atom stereocenters. The molecule has 2 aromatic carbocycles. The second-order valence-electron chi connectivity index (χ2n) is 6.13. The Balaban J connectivity index is 1.67. The highest BCUT2D eigenvalue weighted by Crippen LogP contribution is 2.33. The summed E-state index contributed by atoms with van der Waals surface area (Å²) in [5.74, 6) is 0.874. The third-order valence-electron chi connectivity index (χ3n) is 4.16. The summed E-state index contributed by atoms with van der Waals surface area (Å²) in [7, 11) is 1.59. The van der Waals surface area contributed by atoms with E-state index in [0.717, 1.165) is 18.6 Å². The van der Waals surface area contributed by atoms with Gasteiger partial charge < -0.3 is 14.2 Å². The van der Waals surface area contributed by atoms with Crippen molar-refractivity contribution in [1.82, 2.24) is 0 Å². The number of benzene rings is 2. The van der Waals surface area contributed by atoms with Crippen LogP contribution in [0.25, 0.3) is 0 Å². The van der Waals surface area contributed by atoms with Crippen LogP contribution in [0.1, 0.15) is 12.8 Å². The summed E-state index contributed by atoms with van der Waals surface area (Å²) in [6.07, 6.45) is 9.18. The molecule has 0 saturated heterocycles. The Morgan fingerprint density at radius 3 is 2.26 bits per heavy atom. The summed E-state index contributed by atoms with van der Waals surface area (Å²) in [6.45, 7) is 2.32. The zero-order valence-corrected chi connectivity index (χ0v) is 16.6. The summed E-state index contributed by atoms with van der Waals surface area (Å²) in [5, 5.41) is 0. The van der Waals surface area contributed by atoms with Crippen molar-refractivity contribution in [3.63, 3.8) is 0 Å². The van der Waals surface area contributed by atoms with Crippen LogP contribution >= 0.6 is 0 Å². The average Bonchev–Trinajstić information content (AvgIpc) is 2.73. The van der Waals surface area contributed by atoms with Crippen LogP contribution in [0, 0.1) is 0 Å². The third-order valence-corrected chi connectivity index (χ3v) is 6.42. The summed E-state index contributed by atoms with van der Waals surface area (Å²) < 4.78 is 16.2. The van der Waals surface area contributed by atoms with Gasteiger partial charge in [0.2, 0.25) is 0 Å². The largest absolute Gasteiger partial charge is 0.491 e. The highest BCUT2D eigenvalue weighted by Gasteiger charge is 2.29. The molecule has 2 aromatic rings. The van der Waals surface area contributed by atoms with Crippen molar-refractivity contribution in [3.05, 3.63) is 77.7 Å². The van der Waals surface area contributed by atoms with Gasteiger partial charge in [-0.05, 0) is 61.4 Å². The molecule has 1 unspecified atom stereocenters. The number of methoxy groups -OCH3 is 1. The fourth-order valence-electron chi connectivity index (χ4n) is 2.84. The van der Waals surface area contributed by atoms with E-state index in [4.69, 9.17) is 14.2 Å². The van der Waals surface area contributed by atoms with Crippen molar-refractivity contribution in [2.75, 3.05) is 33.5 Å². The predicted molar refractivity (Wildman–Crippen MR) is 111 cm³/mol. The summed E-state index contributed by atoms with van der Waals surface area (Å²) in [4.78, 5) is 4.05. The molecule has 0 bridgehead atoms. The Hall–Kier alpha value is -2.01. The van der Waals surface area contributed by atoms with Gasteiger partial charge in [-0.15, -0.1) is 0 Å². The fraction of sp³-hybridized carbons (Fsp3) is 0.304. The SMILES string of the molecule is COCCOCCOc1ccc([S+](C2=CCCC=C2)c2ccccc2)cc1. The van der Waals surface area contributed by atoms with Gasteiger partial charge >= 0.3 is 0 Å². The van der Waals surface area contributed by atoms with Gasteiger partial charge in [0.05, 0.1) is 30.7 Å². The van der Waals surface area contributed by atoms with Gasteiger partial charge in [-0.1, -0.05) is 24.3 Å². The van der Waals surface area contributed by atoms with E-state index >= 15 is 0 Å². The first-order valence-corrected chi connectivity index (χ1v) is 10.6. The number of hydrogen-bond donors (Lipinski definition) is 0. The lowest BCUT2D eigenvalue weighted by atomic mass is 10.2. The first-order chi connectivity index (χ1) is 13.4. The molecule has 0 spiro atoms. The number of rotatable bonds is 10. The smallest absolute Gasteiger partial charge is 0.166 e. The molecule has 1 aliphatic carbocycles. The van der Waals surface area contributed by atoms with Gasteiger partial charge in [0, 0.05) is 7.11 Å². The van der Waals surface area contributed by atoms with E-state index in [0.29, 0.717) is 26.4 Å². The molecule has 1 aliphatic rings. The molecule has 27 heavy (non-hydrogen) atoms. The molecule has 0 aliphatic heterocycles. The normalized spacial score (nSPS) is 14.6.